The Hall–Kier alpha value is -1.69. The molecule has 6 heteroatoms. The SMILES string of the molecule is CC(C)Cn1cnnc1[C@@H](N)Cc1cnc[nH]1. The summed E-state index contributed by atoms with van der Waals surface area (Å²) < 4.78 is 2.02. The number of nitrogens with one attached hydrogen (secondary N) is 1. The van der Waals surface area contributed by atoms with E-state index in [2.05, 4.69) is 34.0 Å². The summed E-state index contributed by atoms with van der Waals surface area (Å²) in [5, 5.41) is 8.04. The highest BCUT2D eigenvalue weighted by Crippen LogP contribution is 2.13. The van der Waals surface area contributed by atoms with Gasteiger partial charge in [0.25, 0.3) is 0 Å². The van der Waals surface area contributed by atoms with E-state index in [1.165, 1.54) is 0 Å². The first kappa shape index (κ1) is 11.8. The Bertz CT molecular complexity index is 444. The minimum Gasteiger partial charge on any atom is -0.348 e. The minimum absolute atomic E-state index is 0.156. The molecule has 2 rings (SSSR count). The maximum absolute atomic E-state index is 6.14. The number of aromatic amines is 1. The van der Waals surface area contributed by atoms with Gasteiger partial charge < -0.3 is 15.3 Å². The van der Waals surface area contributed by atoms with Crippen molar-refractivity contribution in [3.05, 3.63) is 30.4 Å². The van der Waals surface area contributed by atoms with E-state index in [1.54, 1.807) is 18.9 Å². The summed E-state index contributed by atoms with van der Waals surface area (Å²) in [4.78, 5) is 7.02. The van der Waals surface area contributed by atoms with E-state index < -0.39 is 0 Å². The lowest BCUT2D eigenvalue weighted by Crippen LogP contribution is -2.20. The first-order valence-corrected chi connectivity index (χ1v) is 5.77. The van der Waals surface area contributed by atoms with Crippen molar-refractivity contribution >= 4 is 0 Å². The van der Waals surface area contributed by atoms with Crippen LogP contribution in [-0.2, 0) is 13.0 Å². The van der Waals surface area contributed by atoms with Crippen molar-refractivity contribution in [3.63, 3.8) is 0 Å². The second kappa shape index (κ2) is 5.09. The molecule has 17 heavy (non-hydrogen) atoms. The molecule has 0 saturated heterocycles. The number of nitrogens with zero attached hydrogens (tertiary/aromatic N) is 4. The Kier molecular flexibility index (Phi) is 3.53. The quantitative estimate of drug-likeness (QED) is 0.804. The van der Waals surface area contributed by atoms with E-state index in [-0.39, 0.29) is 6.04 Å². The van der Waals surface area contributed by atoms with Crippen molar-refractivity contribution in [2.45, 2.75) is 32.9 Å². The number of aromatic nitrogens is 5. The van der Waals surface area contributed by atoms with Gasteiger partial charge in [0.15, 0.2) is 0 Å². The molecule has 0 aliphatic rings. The van der Waals surface area contributed by atoms with E-state index in [4.69, 9.17) is 5.73 Å². The highest BCUT2D eigenvalue weighted by molar-refractivity contribution is 5.03. The highest BCUT2D eigenvalue weighted by Gasteiger charge is 2.15. The van der Waals surface area contributed by atoms with Crippen LogP contribution in [0.4, 0.5) is 0 Å². The second-order valence-corrected chi connectivity index (χ2v) is 4.62. The molecular weight excluding hydrogens is 216 g/mol. The first-order valence-electron chi connectivity index (χ1n) is 5.77. The molecule has 0 unspecified atom stereocenters. The van der Waals surface area contributed by atoms with Gasteiger partial charge in [-0.05, 0) is 5.92 Å². The lowest BCUT2D eigenvalue weighted by molar-refractivity contribution is 0.487. The fourth-order valence-electron chi connectivity index (χ4n) is 1.81. The topological polar surface area (TPSA) is 85.4 Å². The monoisotopic (exact) mass is 234 g/mol. The number of nitrogens with two attached hydrogens (primary N) is 1. The summed E-state index contributed by atoms with van der Waals surface area (Å²) >= 11 is 0. The van der Waals surface area contributed by atoms with Crippen molar-refractivity contribution in [2.24, 2.45) is 11.7 Å². The molecule has 0 aliphatic heterocycles. The molecule has 3 N–H and O–H groups in total. The van der Waals surface area contributed by atoms with E-state index in [0.29, 0.717) is 12.3 Å². The second-order valence-electron chi connectivity index (χ2n) is 4.62. The van der Waals surface area contributed by atoms with Crippen LogP contribution in [0, 0.1) is 5.92 Å². The van der Waals surface area contributed by atoms with E-state index >= 15 is 0 Å². The molecule has 1 atom stereocenters. The molecular formula is C11H18N6. The van der Waals surface area contributed by atoms with Crippen LogP contribution in [0.2, 0.25) is 0 Å². The zero-order valence-electron chi connectivity index (χ0n) is 10.2. The van der Waals surface area contributed by atoms with Gasteiger partial charge in [-0.3, -0.25) is 0 Å². The number of hydrogen-bond acceptors (Lipinski definition) is 4. The lowest BCUT2D eigenvalue weighted by Gasteiger charge is -2.13. The molecule has 0 radical (unpaired) electrons. The molecule has 0 saturated carbocycles. The average molecular weight is 234 g/mol. The van der Waals surface area contributed by atoms with Crippen LogP contribution < -0.4 is 5.73 Å². The summed E-state index contributed by atoms with van der Waals surface area (Å²) in [5.41, 5.74) is 7.15. The summed E-state index contributed by atoms with van der Waals surface area (Å²) in [5.74, 6) is 1.37. The van der Waals surface area contributed by atoms with Crippen molar-refractivity contribution in [3.8, 4) is 0 Å². The average Bonchev–Trinajstić information content (AvgIpc) is 2.87. The van der Waals surface area contributed by atoms with Gasteiger partial charge in [-0.25, -0.2) is 4.98 Å². The Morgan fingerprint density at radius 3 is 2.94 bits per heavy atom. The molecule has 0 spiro atoms. The smallest absolute Gasteiger partial charge is 0.150 e. The molecule has 92 valence electrons. The van der Waals surface area contributed by atoms with Crippen LogP contribution in [0.15, 0.2) is 18.9 Å². The van der Waals surface area contributed by atoms with Crippen LogP contribution in [0.5, 0.6) is 0 Å². The molecule has 2 heterocycles. The van der Waals surface area contributed by atoms with Crippen molar-refractivity contribution in [1.82, 2.24) is 24.7 Å². The standard InChI is InChI=1S/C11H18N6/c1-8(2)5-17-7-15-16-11(17)10(12)3-9-4-13-6-14-9/h4,6-8,10H,3,5,12H2,1-2H3,(H,13,14)/t10-/m0/s1. The maximum atomic E-state index is 6.14. The van der Waals surface area contributed by atoms with Gasteiger partial charge in [0.05, 0.1) is 12.4 Å². The summed E-state index contributed by atoms with van der Waals surface area (Å²) in [7, 11) is 0. The zero-order chi connectivity index (χ0) is 12.3. The van der Waals surface area contributed by atoms with Gasteiger partial charge in [-0.2, -0.15) is 0 Å². The predicted molar refractivity (Wildman–Crippen MR) is 64.1 cm³/mol. The van der Waals surface area contributed by atoms with Crippen LogP contribution in [0.25, 0.3) is 0 Å². The number of rotatable bonds is 5. The summed E-state index contributed by atoms with van der Waals surface area (Å²) in [6, 6.07) is -0.156. The maximum Gasteiger partial charge on any atom is 0.150 e. The molecule has 0 fully saturated rings. The summed E-state index contributed by atoms with van der Waals surface area (Å²) in [6.45, 7) is 5.20. The Balaban J connectivity index is 2.08. The normalized spacial score (nSPS) is 13.2. The summed E-state index contributed by atoms with van der Waals surface area (Å²) in [6.07, 6.45) is 5.86. The van der Waals surface area contributed by atoms with Gasteiger partial charge in [-0.15, -0.1) is 10.2 Å². The molecule has 2 aromatic heterocycles. The number of imidazole rings is 1. The molecule has 6 nitrogen and oxygen atoms in total. The zero-order valence-corrected chi connectivity index (χ0v) is 10.2. The largest absolute Gasteiger partial charge is 0.348 e. The van der Waals surface area contributed by atoms with Crippen molar-refractivity contribution in [2.75, 3.05) is 0 Å². The van der Waals surface area contributed by atoms with Crippen molar-refractivity contribution < 1.29 is 0 Å². The van der Waals surface area contributed by atoms with Crippen LogP contribution in [-0.4, -0.2) is 24.7 Å². The minimum atomic E-state index is -0.156. The van der Waals surface area contributed by atoms with E-state index in [0.717, 1.165) is 18.1 Å². The Morgan fingerprint density at radius 1 is 1.47 bits per heavy atom. The van der Waals surface area contributed by atoms with Crippen LogP contribution in [0.3, 0.4) is 0 Å². The highest BCUT2D eigenvalue weighted by atomic mass is 15.3. The van der Waals surface area contributed by atoms with Crippen LogP contribution in [0.1, 0.15) is 31.4 Å². The third-order valence-electron chi connectivity index (χ3n) is 2.53. The van der Waals surface area contributed by atoms with Gasteiger partial charge in [0.2, 0.25) is 0 Å². The predicted octanol–water partition coefficient (Wildman–Crippen LogP) is 0.900. The van der Waals surface area contributed by atoms with Gasteiger partial charge in [0, 0.05) is 24.9 Å². The molecule has 0 aromatic carbocycles. The molecule has 0 bridgehead atoms. The number of H-pyrrole nitrogens is 1. The van der Waals surface area contributed by atoms with E-state index in [1.807, 2.05) is 4.57 Å². The molecule has 0 aliphatic carbocycles. The fourth-order valence-corrected chi connectivity index (χ4v) is 1.81. The Labute approximate surface area is 100 Å². The first-order chi connectivity index (χ1) is 8.16. The Morgan fingerprint density at radius 2 is 2.29 bits per heavy atom. The molecule has 0 amide bonds. The van der Waals surface area contributed by atoms with Gasteiger partial charge in [-0.1, -0.05) is 13.8 Å². The third kappa shape index (κ3) is 2.91. The van der Waals surface area contributed by atoms with Gasteiger partial charge >= 0.3 is 0 Å². The third-order valence-corrected chi connectivity index (χ3v) is 2.53. The van der Waals surface area contributed by atoms with Crippen LogP contribution >= 0.6 is 0 Å². The molecule has 2 aromatic rings. The van der Waals surface area contributed by atoms with E-state index in [9.17, 15) is 0 Å². The number of hydrogen-bond donors (Lipinski definition) is 2. The fraction of sp³-hybridized carbons (Fsp3) is 0.545. The van der Waals surface area contributed by atoms with Crippen molar-refractivity contribution in [1.29, 1.82) is 0 Å². The lowest BCUT2D eigenvalue weighted by atomic mass is 10.1. The van der Waals surface area contributed by atoms with Gasteiger partial charge in [0.1, 0.15) is 12.2 Å².